The number of para-hydroxylation sites is 1. The first-order chi connectivity index (χ1) is 14.7. The fourth-order valence-electron chi connectivity index (χ4n) is 4.38. The van der Waals surface area contributed by atoms with E-state index in [2.05, 4.69) is 32.9 Å². The lowest BCUT2D eigenvalue weighted by Gasteiger charge is -2.32. The molecule has 3 rings (SSSR count). The second-order valence-corrected chi connectivity index (χ2v) is 9.10. The predicted octanol–water partition coefficient (Wildman–Crippen LogP) is 5.45. The molecular formula is C26H35NO4. The second kappa shape index (κ2) is 9.41. The van der Waals surface area contributed by atoms with Crippen molar-refractivity contribution in [3.8, 4) is 5.75 Å². The van der Waals surface area contributed by atoms with Crippen molar-refractivity contribution in [2.75, 3.05) is 7.11 Å². The molecule has 0 radical (unpaired) electrons. The number of methoxy groups -OCH3 is 1. The lowest BCUT2D eigenvalue weighted by atomic mass is 9.87. The first-order valence-corrected chi connectivity index (χ1v) is 11.0. The van der Waals surface area contributed by atoms with E-state index in [4.69, 9.17) is 9.47 Å². The molecule has 1 aliphatic heterocycles. The largest absolute Gasteiger partial charge is 0.618 e. The molecule has 0 spiro atoms. The molecule has 5 heteroatoms. The van der Waals surface area contributed by atoms with Gasteiger partial charge in [-0.05, 0) is 59.4 Å². The average molecular weight is 426 g/mol. The van der Waals surface area contributed by atoms with Gasteiger partial charge in [0.15, 0.2) is 11.8 Å². The standard InChI is InChI=1S/C26H35NO4/c1-17(2)11-9-12-18(3)13-10-16-26(5,28)25-24(30-6)22-19(4)27(29)21-15-8-7-14-20(21)23(22)31-25/h7-8,11,13-15,24-25,28H,9-10,12,16H2,1-6H3/b18-13+/t24-,25-,26+/m0/s1. The van der Waals surface area contributed by atoms with Crippen LogP contribution in [0.5, 0.6) is 5.75 Å². The van der Waals surface area contributed by atoms with Crippen LogP contribution in [0.25, 0.3) is 10.9 Å². The number of hydrogen-bond acceptors (Lipinski definition) is 4. The molecule has 0 fully saturated rings. The lowest BCUT2D eigenvalue weighted by molar-refractivity contribution is -0.584. The highest BCUT2D eigenvalue weighted by Crippen LogP contribution is 2.47. The molecule has 31 heavy (non-hydrogen) atoms. The molecular weight excluding hydrogens is 390 g/mol. The summed E-state index contributed by atoms with van der Waals surface area (Å²) in [6.45, 7) is 9.94. The van der Waals surface area contributed by atoms with E-state index >= 15 is 0 Å². The van der Waals surface area contributed by atoms with Crippen molar-refractivity contribution in [1.29, 1.82) is 0 Å². The van der Waals surface area contributed by atoms with Gasteiger partial charge in [-0.3, -0.25) is 0 Å². The smallest absolute Gasteiger partial charge is 0.227 e. The van der Waals surface area contributed by atoms with Gasteiger partial charge in [0, 0.05) is 20.1 Å². The van der Waals surface area contributed by atoms with Gasteiger partial charge < -0.3 is 19.8 Å². The van der Waals surface area contributed by atoms with Gasteiger partial charge in [0.2, 0.25) is 5.52 Å². The molecule has 0 saturated heterocycles. The zero-order valence-electron chi connectivity index (χ0n) is 19.6. The highest BCUT2D eigenvalue weighted by Gasteiger charge is 2.49. The summed E-state index contributed by atoms with van der Waals surface area (Å²) >= 11 is 0. The summed E-state index contributed by atoms with van der Waals surface area (Å²) < 4.78 is 13.0. The molecule has 1 aromatic heterocycles. The van der Waals surface area contributed by atoms with Crippen molar-refractivity contribution in [1.82, 2.24) is 0 Å². The van der Waals surface area contributed by atoms with Crippen LogP contribution in [0.4, 0.5) is 0 Å². The summed E-state index contributed by atoms with van der Waals surface area (Å²) in [7, 11) is 1.60. The Morgan fingerprint density at radius 3 is 2.61 bits per heavy atom. The van der Waals surface area contributed by atoms with Gasteiger partial charge in [-0.2, -0.15) is 4.73 Å². The number of pyridine rings is 1. The number of ether oxygens (including phenoxy) is 2. The SMILES string of the molecule is CO[C@H]1c2c(c3ccccc3[n+]([O-])c2C)O[C@@H]1[C@](C)(O)CC/C=C(\C)CCC=C(C)C. The molecule has 168 valence electrons. The minimum atomic E-state index is -1.11. The van der Waals surface area contributed by atoms with Crippen LogP contribution in [-0.4, -0.2) is 23.9 Å². The Balaban J connectivity index is 1.81. The van der Waals surface area contributed by atoms with Gasteiger partial charge in [0.1, 0.15) is 17.5 Å². The van der Waals surface area contributed by atoms with Crippen LogP contribution in [0.15, 0.2) is 47.6 Å². The molecule has 3 atom stereocenters. The normalized spacial score (nSPS) is 20.3. The fraction of sp³-hybridized carbons (Fsp3) is 0.500. The van der Waals surface area contributed by atoms with E-state index < -0.39 is 17.8 Å². The van der Waals surface area contributed by atoms with Crippen molar-refractivity contribution in [3.63, 3.8) is 0 Å². The summed E-state index contributed by atoms with van der Waals surface area (Å²) in [5.74, 6) is 0.644. The third-order valence-electron chi connectivity index (χ3n) is 6.21. The number of aromatic nitrogens is 1. The zero-order valence-corrected chi connectivity index (χ0v) is 19.6. The van der Waals surface area contributed by atoms with E-state index in [1.165, 1.54) is 11.1 Å². The molecule has 0 aliphatic carbocycles. The average Bonchev–Trinajstić information content (AvgIpc) is 3.12. The number of rotatable bonds is 8. The van der Waals surface area contributed by atoms with Crippen molar-refractivity contribution >= 4 is 10.9 Å². The number of allylic oxidation sites excluding steroid dienone is 4. The van der Waals surface area contributed by atoms with Crippen LogP contribution in [0.1, 0.15) is 70.7 Å². The van der Waals surface area contributed by atoms with Crippen LogP contribution in [-0.2, 0) is 4.74 Å². The molecule has 5 nitrogen and oxygen atoms in total. The Morgan fingerprint density at radius 1 is 1.23 bits per heavy atom. The molecule has 0 bridgehead atoms. The monoisotopic (exact) mass is 425 g/mol. The Hall–Kier alpha value is -2.37. The first-order valence-electron chi connectivity index (χ1n) is 11.0. The van der Waals surface area contributed by atoms with Crippen LogP contribution in [0.3, 0.4) is 0 Å². The molecule has 0 saturated carbocycles. The highest BCUT2D eigenvalue weighted by atomic mass is 16.6. The molecule has 0 amide bonds. The van der Waals surface area contributed by atoms with Crippen molar-refractivity contribution in [2.45, 2.75) is 78.1 Å². The van der Waals surface area contributed by atoms with Gasteiger partial charge in [0.05, 0.1) is 10.9 Å². The molecule has 1 aliphatic rings. The topological polar surface area (TPSA) is 65.6 Å². The van der Waals surface area contributed by atoms with Crippen LogP contribution in [0.2, 0.25) is 0 Å². The Kier molecular flexibility index (Phi) is 7.07. The molecule has 2 aromatic rings. The highest BCUT2D eigenvalue weighted by molar-refractivity contribution is 5.85. The number of benzene rings is 1. The van der Waals surface area contributed by atoms with Crippen LogP contribution >= 0.6 is 0 Å². The van der Waals surface area contributed by atoms with Crippen LogP contribution in [0, 0.1) is 12.1 Å². The quantitative estimate of drug-likeness (QED) is 0.347. The van der Waals surface area contributed by atoms with Crippen molar-refractivity contribution < 1.29 is 19.3 Å². The molecule has 1 N–H and O–H groups in total. The number of hydrogen-bond donors (Lipinski definition) is 1. The zero-order chi connectivity index (χ0) is 22.8. The minimum absolute atomic E-state index is 0.502. The third-order valence-corrected chi connectivity index (χ3v) is 6.21. The molecule has 0 unspecified atom stereocenters. The Bertz CT molecular complexity index is 1000. The second-order valence-electron chi connectivity index (χ2n) is 9.10. The van der Waals surface area contributed by atoms with E-state index in [-0.39, 0.29) is 0 Å². The van der Waals surface area contributed by atoms with E-state index in [1.807, 2.05) is 18.2 Å². The van der Waals surface area contributed by atoms with E-state index in [0.29, 0.717) is 23.4 Å². The summed E-state index contributed by atoms with van der Waals surface area (Å²) in [5, 5.41) is 24.9. The van der Waals surface area contributed by atoms with Crippen LogP contribution < -0.4 is 9.47 Å². The van der Waals surface area contributed by atoms with E-state index in [1.54, 1.807) is 27.0 Å². The number of aliphatic hydroxyl groups is 1. The Morgan fingerprint density at radius 2 is 1.94 bits per heavy atom. The number of fused-ring (bicyclic) bond motifs is 3. The fourth-order valence-corrected chi connectivity index (χ4v) is 4.38. The summed E-state index contributed by atoms with van der Waals surface area (Å²) in [5.41, 5.74) is 3.38. The summed E-state index contributed by atoms with van der Waals surface area (Å²) in [6, 6.07) is 7.39. The van der Waals surface area contributed by atoms with Gasteiger partial charge >= 0.3 is 0 Å². The maximum absolute atomic E-state index is 12.8. The van der Waals surface area contributed by atoms with E-state index in [0.717, 1.165) is 34.9 Å². The van der Waals surface area contributed by atoms with Gasteiger partial charge in [-0.15, -0.1) is 0 Å². The van der Waals surface area contributed by atoms with Crippen molar-refractivity contribution in [3.05, 3.63) is 64.0 Å². The van der Waals surface area contributed by atoms with Gasteiger partial charge in [0.25, 0.3) is 0 Å². The van der Waals surface area contributed by atoms with E-state index in [9.17, 15) is 10.3 Å². The predicted molar refractivity (Wildman–Crippen MR) is 124 cm³/mol. The van der Waals surface area contributed by atoms with Crippen molar-refractivity contribution in [2.24, 2.45) is 0 Å². The van der Waals surface area contributed by atoms with Gasteiger partial charge in [-0.1, -0.05) is 35.4 Å². The summed E-state index contributed by atoms with van der Waals surface area (Å²) in [6.07, 6.45) is 6.71. The molecule has 1 aromatic carbocycles. The first kappa shape index (κ1) is 23.3. The summed E-state index contributed by atoms with van der Waals surface area (Å²) in [4.78, 5) is 0. The third kappa shape index (κ3) is 4.78. The maximum atomic E-state index is 12.8. The Labute approximate surface area is 185 Å². The maximum Gasteiger partial charge on any atom is 0.227 e. The minimum Gasteiger partial charge on any atom is -0.618 e. The number of nitrogens with zero attached hydrogens (tertiary/aromatic N) is 1. The van der Waals surface area contributed by atoms with Gasteiger partial charge in [-0.25, -0.2) is 0 Å². The molecule has 2 heterocycles. The lowest BCUT2D eigenvalue weighted by Crippen LogP contribution is -2.45.